The Morgan fingerprint density at radius 3 is 1.91 bits per heavy atom. The fourth-order valence-electron chi connectivity index (χ4n) is 4.41. The second-order valence-electron chi connectivity index (χ2n) is 8.03. The second kappa shape index (κ2) is 8.79. The molecular weight excluding hydrogens is 408 g/mol. The minimum absolute atomic E-state index is 0.359. The Bertz CT molecular complexity index is 1450. The minimum Gasteiger partial charge on any atom is -0.496 e. The number of hydrogen-bond donors (Lipinski definition) is 0. The summed E-state index contributed by atoms with van der Waals surface area (Å²) in [6.07, 6.45) is -0.368. The molecule has 0 N–H and O–H groups in total. The lowest BCUT2D eigenvalue weighted by molar-refractivity contribution is 0.0339. The maximum Gasteiger partial charge on any atom is 0.339 e. The molecule has 0 aliphatic rings. The van der Waals surface area contributed by atoms with Crippen LogP contribution in [0.2, 0.25) is 0 Å². The third-order valence-corrected chi connectivity index (χ3v) is 6.06. The van der Waals surface area contributed by atoms with Gasteiger partial charge in [-0.25, -0.2) is 4.79 Å². The molecule has 0 bridgehead atoms. The summed E-state index contributed by atoms with van der Waals surface area (Å²) in [5.41, 5.74) is 3.20. The van der Waals surface area contributed by atoms with Crippen molar-refractivity contribution in [1.29, 1.82) is 0 Å². The monoisotopic (exact) mass is 432 g/mol. The highest BCUT2D eigenvalue weighted by Gasteiger charge is 2.23. The quantitative estimate of drug-likeness (QED) is 0.268. The van der Waals surface area contributed by atoms with Gasteiger partial charge in [-0.15, -0.1) is 0 Å². The van der Waals surface area contributed by atoms with Crippen LogP contribution >= 0.6 is 0 Å². The van der Waals surface area contributed by atoms with Gasteiger partial charge in [0.2, 0.25) is 0 Å². The van der Waals surface area contributed by atoms with Crippen molar-refractivity contribution >= 4 is 27.5 Å². The molecule has 5 aromatic rings. The van der Waals surface area contributed by atoms with E-state index in [9.17, 15) is 4.79 Å². The van der Waals surface area contributed by atoms with Gasteiger partial charge in [-0.05, 0) is 46.2 Å². The number of rotatable bonds is 5. The van der Waals surface area contributed by atoms with Crippen LogP contribution in [0.4, 0.5) is 0 Å². The van der Waals surface area contributed by atoms with Crippen LogP contribution in [0.1, 0.15) is 28.9 Å². The summed E-state index contributed by atoms with van der Waals surface area (Å²) < 4.78 is 11.7. The summed E-state index contributed by atoms with van der Waals surface area (Å²) >= 11 is 0. The summed E-state index contributed by atoms with van der Waals surface area (Å²) in [4.78, 5) is 13.5. The summed E-state index contributed by atoms with van der Waals surface area (Å²) in [7, 11) is 1.66. The predicted molar refractivity (Wildman–Crippen MR) is 134 cm³/mol. The van der Waals surface area contributed by atoms with E-state index in [4.69, 9.17) is 9.47 Å². The molecular formula is C30H24O3. The largest absolute Gasteiger partial charge is 0.496 e. The van der Waals surface area contributed by atoms with Crippen LogP contribution in [0, 0.1) is 0 Å². The number of methoxy groups -OCH3 is 1. The van der Waals surface area contributed by atoms with Crippen LogP contribution < -0.4 is 4.74 Å². The van der Waals surface area contributed by atoms with Crippen LogP contribution in [0.15, 0.2) is 103 Å². The van der Waals surface area contributed by atoms with E-state index in [-0.39, 0.29) is 12.1 Å². The fraction of sp³-hybridized carbons (Fsp3) is 0.100. The van der Waals surface area contributed by atoms with Crippen LogP contribution in [0.3, 0.4) is 0 Å². The summed E-state index contributed by atoms with van der Waals surface area (Å²) in [5, 5.41) is 4.14. The molecule has 0 aliphatic carbocycles. The number of carbonyl (C=O) groups excluding carboxylic acids is 1. The zero-order chi connectivity index (χ0) is 22.8. The number of esters is 1. The molecule has 162 valence electrons. The molecule has 3 heteroatoms. The van der Waals surface area contributed by atoms with E-state index in [1.54, 1.807) is 7.11 Å². The smallest absolute Gasteiger partial charge is 0.339 e. The number of fused-ring (bicyclic) bond motifs is 2. The van der Waals surface area contributed by atoms with E-state index in [2.05, 4.69) is 18.2 Å². The molecule has 0 aliphatic heterocycles. The van der Waals surface area contributed by atoms with Gasteiger partial charge < -0.3 is 9.47 Å². The Morgan fingerprint density at radius 2 is 1.24 bits per heavy atom. The molecule has 3 nitrogen and oxygen atoms in total. The molecule has 0 saturated heterocycles. The number of hydrogen-bond acceptors (Lipinski definition) is 3. The molecule has 0 spiro atoms. The van der Waals surface area contributed by atoms with Crippen LogP contribution in [0.25, 0.3) is 32.7 Å². The van der Waals surface area contributed by atoms with Crippen molar-refractivity contribution in [3.05, 3.63) is 114 Å². The first-order valence-electron chi connectivity index (χ1n) is 11.0. The van der Waals surface area contributed by atoms with Gasteiger partial charge in [0.05, 0.1) is 12.7 Å². The van der Waals surface area contributed by atoms with Gasteiger partial charge in [-0.3, -0.25) is 0 Å². The van der Waals surface area contributed by atoms with Crippen molar-refractivity contribution in [3.63, 3.8) is 0 Å². The number of carbonyl (C=O) groups is 1. The third-order valence-electron chi connectivity index (χ3n) is 6.06. The number of benzene rings is 5. The van der Waals surface area contributed by atoms with Gasteiger partial charge in [0.15, 0.2) is 0 Å². The SMILES string of the molecule is COc1ccc2ccccc2c1-c1c(C(=O)O[C@@H](C)c2ccccc2)ccc2ccccc12. The van der Waals surface area contributed by atoms with Crippen molar-refractivity contribution in [2.75, 3.05) is 7.11 Å². The first-order chi connectivity index (χ1) is 16.2. The average Bonchev–Trinajstić information content (AvgIpc) is 2.87. The molecule has 0 heterocycles. The van der Waals surface area contributed by atoms with Crippen molar-refractivity contribution < 1.29 is 14.3 Å². The van der Waals surface area contributed by atoms with Crippen LogP contribution in [-0.4, -0.2) is 13.1 Å². The molecule has 0 radical (unpaired) electrons. The van der Waals surface area contributed by atoms with Crippen molar-refractivity contribution in [2.45, 2.75) is 13.0 Å². The van der Waals surface area contributed by atoms with E-state index < -0.39 is 0 Å². The lowest BCUT2D eigenvalue weighted by Crippen LogP contribution is -2.11. The molecule has 1 atom stereocenters. The first kappa shape index (κ1) is 20.8. The zero-order valence-corrected chi connectivity index (χ0v) is 18.6. The first-order valence-corrected chi connectivity index (χ1v) is 11.0. The second-order valence-corrected chi connectivity index (χ2v) is 8.03. The third kappa shape index (κ3) is 3.83. The minimum atomic E-state index is -0.368. The highest BCUT2D eigenvalue weighted by molar-refractivity contribution is 6.14. The predicted octanol–water partition coefficient (Wildman–Crippen LogP) is 7.59. The zero-order valence-electron chi connectivity index (χ0n) is 18.6. The van der Waals surface area contributed by atoms with Gasteiger partial charge >= 0.3 is 5.97 Å². The Labute approximate surface area is 193 Å². The molecule has 0 aromatic heterocycles. The standard InChI is InChI=1S/C30H24O3/c1-20(21-10-4-3-5-11-21)33-30(31)26-18-16-22-12-6-8-14-24(22)28(26)29-25-15-9-7-13-23(25)17-19-27(29)32-2/h3-20H,1-2H3/t20-/m0/s1. The molecule has 5 rings (SSSR count). The summed E-state index contributed by atoms with van der Waals surface area (Å²) in [6.45, 7) is 1.90. The lowest BCUT2D eigenvalue weighted by Gasteiger charge is -2.19. The summed E-state index contributed by atoms with van der Waals surface area (Å²) in [6, 6.07) is 33.9. The molecule has 0 saturated carbocycles. The maximum absolute atomic E-state index is 13.5. The fourth-order valence-corrected chi connectivity index (χ4v) is 4.41. The molecule has 33 heavy (non-hydrogen) atoms. The Hall–Kier alpha value is -4.11. The Morgan fingerprint density at radius 1 is 0.667 bits per heavy atom. The van der Waals surface area contributed by atoms with Gasteiger partial charge in [0.1, 0.15) is 11.9 Å². The van der Waals surface area contributed by atoms with Gasteiger partial charge in [0.25, 0.3) is 0 Å². The van der Waals surface area contributed by atoms with Crippen molar-refractivity contribution in [2.24, 2.45) is 0 Å². The molecule has 0 unspecified atom stereocenters. The Kier molecular flexibility index (Phi) is 5.54. The van der Waals surface area contributed by atoms with E-state index in [1.165, 1.54) is 0 Å². The van der Waals surface area contributed by atoms with Gasteiger partial charge in [0, 0.05) is 11.1 Å². The van der Waals surface area contributed by atoms with E-state index >= 15 is 0 Å². The molecule has 0 fully saturated rings. The van der Waals surface area contributed by atoms with Crippen LogP contribution in [0.5, 0.6) is 5.75 Å². The lowest BCUT2D eigenvalue weighted by atomic mass is 9.89. The topological polar surface area (TPSA) is 35.5 Å². The normalized spacial score (nSPS) is 11.9. The van der Waals surface area contributed by atoms with Crippen molar-refractivity contribution in [3.8, 4) is 16.9 Å². The average molecular weight is 433 g/mol. The van der Waals surface area contributed by atoms with E-state index in [1.807, 2.05) is 91.9 Å². The number of ether oxygens (including phenoxy) is 2. The molecule has 0 amide bonds. The summed E-state index contributed by atoms with van der Waals surface area (Å²) in [5.74, 6) is 0.359. The van der Waals surface area contributed by atoms with E-state index in [0.29, 0.717) is 5.56 Å². The van der Waals surface area contributed by atoms with Gasteiger partial charge in [-0.1, -0.05) is 91.0 Å². The van der Waals surface area contributed by atoms with Crippen LogP contribution in [-0.2, 0) is 4.74 Å². The molecule has 5 aromatic carbocycles. The van der Waals surface area contributed by atoms with E-state index in [0.717, 1.165) is 44.0 Å². The maximum atomic E-state index is 13.5. The Balaban J connectivity index is 1.74. The highest BCUT2D eigenvalue weighted by atomic mass is 16.5. The van der Waals surface area contributed by atoms with Gasteiger partial charge in [-0.2, -0.15) is 0 Å². The van der Waals surface area contributed by atoms with Crippen molar-refractivity contribution in [1.82, 2.24) is 0 Å². The highest BCUT2D eigenvalue weighted by Crippen LogP contribution is 2.42.